The molecule has 8 nitrogen and oxygen atoms in total. The van der Waals surface area contributed by atoms with E-state index in [1.165, 1.54) is 36.0 Å². The van der Waals surface area contributed by atoms with Crippen molar-refractivity contribution in [2.24, 2.45) is 0 Å². The highest BCUT2D eigenvalue weighted by Gasteiger charge is 2.43. The van der Waals surface area contributed by atoms with E-state index >= 15 is 0 Å². The second kappa shape index (κ2) is 13.4. The molecule has 2 aromatic carbocycles. The molecule has 0 fully saturated rings. The zero-order chi connectivity index (χ0) is 28.6. The number of likely N-dealkylation sites (N-methyl/N-ethyl adjacent to an activating group) is 2. The lowest BCUT2D eigenvalue weighted by molar-refractivity contribution is -0.157. The van der Waals surface area contributed by atoms with Gasteiger partial charge in [0.25, 0.3) is 11.8 Å². The van der Waals surface area contributed by atoms with Gasteiger partial charge in [0, 0.05) is 27.2 Å². The van der Waals surface area contributed by atoms with Gasteiger partial charge < -0.3 is 19.3 Å². The van der Waals surface area contributed by atoms with Crippen molar-refractivity contribution < 1.29 is 28.7 Å². The summed E-state index contributed by atoms with van der Waals surface area (Å²) in [6, 6.07) is 10.2. The summed E-state index contributed by atoms with van der Waals surface area (Å²) in [4.78, 5) is 56.2. The Bertz CT molecular complexity index is 1140. The number of amides is 2. The molecule has 0 aliphatic rings. The predicted octanol–water partition coefficient (Wildman–Crippen LogP) is 3.96. The summed E-state index contributed by atoms with van der Waals surface area (Å²) in [6.45, 7) is 14.7. The first kappa shape index (κ1) is 30.0. The summed E-state index contributed by atoms with van der Waals surface area (Å²) < 4.78 is 11.4. The number of benzene rings is 2. The van der Waals surface area contributed by atoms with Gasteiger partial charge in [0.2, 0.25) is 12.2 Å². The van der Waals surface area contributed by atoms with Crippen LogP contribution in [0, 0.1) is 27.7 Å². The molecule has 0 unspecified atom stereocenters. The largest absolute Gasteiger partial charge is 0.444 e. The Hall–Kier alpha value is -4.20. The van der Waals surface area contributed by atoms with Crippen LogP contribution in [0.2, 0.25) is 0 Å². The van der Waals surface area contributed by atoms with Crippen LogP contribution in [0.15, 0.2) is 61.7 Å². The van der Waals surface area contributed by atoms with E-state index in [4.69, 9.17) is 9.47 Å². The normalized spacial score (nSPS) is 12.1. The zero-order valence-electron chi connectivity index (χ0n) is 22.9. The van der Waals surface area contributed by atoms with E-state index in [2.05, 4.69) is 13.2 Å². The number of esters is 2. The molecule has 0 bridgehead atoms. The van der Waals surface area contributed by atoms with E-state index in [-0.39, 0.29) is 24.2 Å². The van der Waals surface area contributed by atoms with Crippen LogP contribution >= 0.6 is 0 Å². The summed E-state index contributed by atoms with van der Waals surface area (Å²) in [5.74, 6) is -3.07. The maximum absolute atomic E-state index is 13.5. The van der Waals surface area contributed by atoms with Crippen LogP contribution in [0.4, 0.5) is 0 Å². The topological polar surface area (TPSA) is 93.2 Å². The van der Waals surface area contributed by atoms with Crippen LogP contribution < -0.4 is 0 Å². The zero-order valence-corrected chi connectivity index (χ0v) is 22.9. The average molecular weight is 521 g/mol. The molecule has 8 heteroatoms. The Morgan fingerprint density at radius 3 is 1.37 bits per heavy atom. The van der Waals surface area contributed by atoms with Crippen molar-refractivity contribution in [1.29, 1.82) is 0 Å². The molecular weight excluding hydrogens is 484 g/mol. The van der Waals surface area contributed by atoms with Crippen molar-refractivity contribution in [3.63, 3.8) is 0 Å². The third-order valence-corrected chi connectivity index (χ3v) is 6.44. The van der Waals surface area contributed by atoms with Crippen molar-refractivity contribution in [1.82, 2.24) is 9.80 Å². The van der Waals surface area contributed by atoms with Crippen LogP contribution in [0.5, 0.6) is 0 Å². The third kappa shape index (κ3) is 6.97. The van der Waals surface area contributed by atoms with Gasteiger partial charge in [-0.1, -0.05) is 36.4 Å². The first-order chi connectivity index (χ1) is 17.9. The van der Waals surface area contributed by atoms with E-state index < -0.39 is 36.0 Å². The predicted molar refractivity (Wildman–Crippen MR) is 146 cm³/mol. The van der Waals surface area contributed by atoms with Gasteiger partial charge in [-0.2, -0.15) is 0 Å². The molecule has 0 N–H and O–H groups in total. The maximum Gasteiger partial charge on any atom is 0.339 e. The number of aryl methyl sites for hydroxylation is 2. The van der Waals surface area contributed by atoms with E-state index in [0.29, 0.717) is 11.1 Å². The summed E-state index contributed by atoms with van der Waals surface area (Å²) >= 11 is 0. The number of hydrogen-bond donors (Lipinski definition) is 0. The van der Waals surface area contributed by atoms with Gasteiger partial charge >= 0.3 is 11.9 Å². The molecular formula is C30H36N2O6. The Kier molecular flexibility index (Phi) is 10.6. The summed E-state index contributed by atoms with van der Waals surface area (Å²) in [5.41, 5.74) is 3.52. The monoisotopic (exact) mass is 520 g/mol. The minimum absolute atomic E-state index is 0.116. The lowest BCUT2D eigenvalue weighted by Crippen LogP contribution is -2.54. The fourth-order valence-corrected chi connectivity index (χ4v) is 3.79. The minimum Gasteiger partial charge on any atom is -0.444 e. The standard InChI is InChI=1S/C30H36N2O6/c1-9-17-31(7)27(33)25(37-29(35)23-15-11-13-19(3)21(23)5)26(28(34)32(8)18-10-2)38-30(36)24-16-12-14-20(4)22(24)6/h9-16,25-26H,1-2,17-18H2,3-8H3/t25-,26-/m1/s1. The highest BCUT2D eigenvalue weighted by Crippen LogP contribution is 2.21. The lowest BCUT2D eigenvalue weighted by Gasteiger charge is -2.31. The quantitative estimate of drug-likeness (QED) is 0.329. The Labute approximate surface area is 224 Å². The van der Waals surface area contributed by atoms with Crippen LogP contribution in [0.3, 0.4) is 0 Å². The van der Waals surface area contributed by atoms with Crippen LogP contribution in [-0.2, 0) is 19.1 Å². The number of ether oxygens (including phenoxy) is 2. The van der Waals surface area contributed by atoms with Crippen molar-refractivity contribution in [3.8, 4) is 0 Å². The van der Waals surface area contributed by atoms with Gasteiger partial charge in [-0.05, 0) is 62.1 Å². The SMILES string of the molecule is C=CCN(C)C(=O)[C@H](OC(=O)c1cccc(C)c1C)[C@@H](OC(=O)c1cccc(C)c1C)C(=O)N(C)CC=C. The van der Waals surface area contributed by atoms with Crippen LogP contribution in [0.1, 0.15) is 43.0 Å². The van der Waals surface area contributed by atoms with Gasteiger partial charge in [0.05, 0.1) is 11.1 Å². The molecule has 0 radical (unpaired) electrons. The molecule has 0 aliphatic carbocycles. The second-order valence-electron chi connectivity index (χ2n) is 9.16. The van der Waals surface area contributed by atoms with E-state index in [0.717, 1.165) is 11.1 Å². The van der Waals surface area contributed by atoms with Crippen molar-refractivity contribution >= 4 is 23.8 Å². The van der Waals surface area contributed by atoms with Gasteiger partial charge in [-0.15, -0.1) is 13.2 Å². The minimum atomic E-state index is -1.75. The molecule has 202 valence electrons. The molecule has 0 aromatic heterocycles. The molecule has 2 aromatic rings. The molecule has 0 saturated heterocycles. The molecule has 0 spiro atoms. The van der Waals surface area contributed by atoms with Gasteiger partial charge in [0.1, 0.15) is 0 Å². The Morgan fingerprint density at radius 1 is 0.711 bits per heavy atom. The lowest BCUT2D eigenvalue weighted by atomic mass is 10.0. The van der Waals surface area contributed by atoms with Crippen molar-refractivity contribution in [2.75, 3.05) is 27.2 Å². The third-order valence-electron chi connectivity index (χ3n) is 6.44. The molecule has 38 heavy (non-hydrogen) atoms. The van der Waals surface area contributed by atoms with Crippen molar-refractivity contribution in [3.05, 3.63) is 95.1 Å². The molecule has 2 atom stereocenters. The molecule has 0 saturated carbocycles. The fourth-order valence-electron chi connectivity index (χ4n) is 3.79. The number of hydrogen-bond acceptors (Lipinski definition) is 6. The highest BCUT2D eigenvalue weighted by atomic mass is 16.6. The Balaban J connectivity index is 2.60. The van der Waals surface area contributed by atoms with E-state index in [1.54, 1.807) is 38.1 Å². The average Bonchev–Trinajstić information content (AvgIpc) is 2.88. The van der Waals surface area contributed by atoms with E-state index in [1.807, 2.05) is 26.0 Å². The number of carbonyl (C=O) groups is 4. The van der Waals surface area contributed by atoms with Gasteiger partial charge in [-0.25, -0.2) is 9.59 Å². The molecule has 2 rings (SSSR count). The van der Waals surface area contributed by atoms with Crippen molar-refractivity contribution in [2.45, 2.75) is 39.9 Å². The Morgan fingerprint density at radius 2 is 1.05 bits per heavy atom. The molecule has 0 heterocycles. The number of rotatable bonds is 11. The van der Waals surface area contributed by atoms with Gasteiger partial charge in [-0.3, -0.25) is 9.59 Å². The molecule has 2 amide bonds. The summed E-state index contributed by atoms with van der Waals surface area (Å²) in [6.07, 6.45) is -0.517. The smallest absolute Gasteiger partial charge is 0.339 e. The molecule has 0 aliphatic heterocycles. The number of carbonyl (C=O) groups excluding carboxylic acids is 4. The number of nitrogens with zero attached hydrogens (tertiary/aromatic N) is 2. The van der Waals surface area contributed by atoms with Crippen LogP contribution in [-0.4, -0.2) is 72.9 Å². The van der Waals surface area contributed by atoms with E-state index in [9.17, 15) is 19.2 Å². The summed E-state index contributed by atoms with van der Waals surface area (Å²) in [5, 5.41) is 0. The maximum atomic E-state index is 13.5. The first-order valence-electron chi connectivity index (χ1n) is 12.2. The van der Waals surface area contributed by atoms with Gasteiger partial charge in [0.15, 0.2) is 0 Å². The second-order valence-corrected chi connectivity index (χ2v) is 9.16. The first-order valence-corrected chi connectivity index (χ1v) is 12.2. The summed E-state index contributed by atoms with van der Waals surface area (Å²) in [7, 11) is 2.95. The highest BCUT2D eigenvalue weighted by molar-refractivity contribution is 5.99. The van der Waals surface area contributed by atoms with Crippen LogP contribution in [0.25, 0.3) is 0 Å². The fraction of sp³-hybridized carbons (Fsp3) is 0.333.